The van der Waals surface area contributed by atoms with Gasteiger partial charge in [-0.2, -0.15) is 0 Å². The predicted molar refractivity (Wildman–Crippen MR) is 147 cm³/mol. The van der Waals surface area contributed by atoms with Crippen molar-refractivity contribution in [2.75, 3.05) is 12.9 Å². The van der Waals surface area contributed by atoms with Gasteiger partial charge in [0.2, 0.25) is 15.0 Å². The molecule has 2 aromatic heterocycles. The summed E-state index contributed by atoms with van der Waals surface area (Å²) in [6.07, 6.45) is 3.89. The molecule has 8 nitrogen and oxygen atoms in total. The van der Waals surface area contributed by atoms with Crippen LogP contribution in [0.5, 0.6) is 0 Å². The molecule has 1 atom stereocenters. The molecular weight excluding hydrogens is 553 g/mol. The lowest BCUT2D eigenvalue weighted by molar-refractivity contribution is 0.245. The van der Waals surface area contributed by atoms with Gasteiger partial charge in [-0.3, -0.25) is 4.79 Å². The largest absolute Gasteiger partial charge is 0.440 e. The Morgan fingerprint density at radius 3 is 2.49 bits per heavy atom. The minimum atomic E-state index is -3.62. The summed E-state index contributed by atoms with van der Waals surface area (Å²) in [5.74, 6) is -0.599. The highest BCUT2D eigenvalue weighted by Crippen LogP contribution is 2.36. The Bertz CT molecular complexity index is 1440. The van der Waals surface area contributed by atoms with Crippen LogP contribution in [0, 0.1) is 5.82 Å². The summed E-state index contributed by atoms with van der Waals surface area (Å²) in [5, 5.41) is -0.316. The summed E-state index contributed by atoms with van der Waals surface area (Å²) < 4.78 is 51.6. The maximum atomic E-state index is 14.3. The quantitative estimate of drug-likeness (QED) is 0.212. The lowest BCUT2D eigenvalue weighted by atomic mass is 10.1. The molecule has 3 rings (SSSR count). The van der Waals surface area contributed by atoms with Crippen LogP contribution in [0.2, 0.25) is 23.2 Å². The van der Waals surface area contributed by atoms with Crippen molar-refractivity contribution in [2.45, 2.75) is 50.1 Å². The van der Waals surface area contributed by atoms with Gasteiger partial charge in [0.1, 0.15) is 5.82 Å². The molecule has 0 unspecified atom stereocenters. The first kappa shape index (κ1) is 29.3. The van der Waals surface area contributed by atoms with Gasteiger partial charge < -0.3 is 13.1 Å². The molecule has 1 aromatic carbocycles. The van der Waals surface area contributed by atoms with Crippen molar-refractivity contribution >= 4 is 39.8 Å². The second-order valence-electron chi connectivity index (χ2n) is 10.2. The molecule has 2 heterocycles. The number of nitrogens with zero attached hydrogens (tertiary/aromatic N) is 3. The molecular formula is C24H31ClFN3O5SSi2. The third kappa shape index (κ3) is 7.21. The number of benzene rings is 1. The molecule has 0 aliphatic heterocycles. The van der Waals surface area contributed by atoms with E-state index in [0.717, 1.165) is 6.26 Å². The Morgan fingerprint density at radius 2 is 1.89 bits per heavy atom. The molecule has 0 amide bonds. The van der Waals surface area contributed by atoms with E-state index in [1.165, 1.54) is 35.0 Å². The van der Waals surface area contributed by atoms with Crippen molar-refractivity contribution in [1.29, 1.82) is 0 Å². The van der Waals surface area contributed by atoms with Crippen LogP contribution < -0.4 is 5.56 Å². The fourth-order valence-corrected chi connectivity index (χ4v) is 7.41. The monoisotopic (exact) mass is 583 g/mol. The minimum absolute atomic E-state index is 0.0211. The van der Waals surface area contributed by atoms with Crippen LogP contribution in [0.3, 0.4) is 0 Å². The summed E-state index contributed by atoms with van der Waals surface area (Å²) in [6.45, 7) is 10.8. The molecule has 0 aliphatic rings. The van der Waals surface area contributed by atoms with Gasteiger partial charge in [0, 0.05) is 30.3 Å². The second-order valence-corrected chi connectivity index (χ2v) is 18.9. The van der Waals surface area contributed by atoms with E-state index in [0.29, 0.717) is 16.8 Å². The Morgan fingerprint density at radius 1 is 1.19 bits per heavy atom. The molecule has 0 radical (unpaired) electrons. The normalized spacial score (nSPS) is 13.8. The number of pyridine rings is 1. The predicted octanol–water partition coefficient (Wildman–Crippen LogP) is 4.13. The van der Waals surface area contributed by atoms with Gasteiger partial charge in [0.15, 0.2) is 8.32 Å². The zero-order chi connectivity index (χ0) is 27.6. The highest BCUT2D eigenvalue weighted by Gasteiger charge is 2.36. The van der Waals surface area contributed by atoms with E-state index < -0.39 is 45.6 Å². The molecule has 0 saturated carbocycles. The number of hydrogen-bond donors (Lipinski definition) is 0. The molecule has 3 aromatic rings. The van der Waals surface area contributed by atoms with Crippen molar-refractivity contribution in [3.05, 3.63) is 75.5 Å². The number of hydrogen-bond acceptors (Lipinski definition) is 7. The highest BCUT2D eigenvalue weighted by molar-refractivity contribution is 7.90. The van der Waals surface area contributed by atoms with Crippen molar-refractivity contribution in [2.24, 2.45) is 0 Å². The van der Waals surface area contributed by atoms with E-state index >= 15 is 0 Å². The molecule has 0 bridgehead atoms. The summed E-state index contributed by atoms with van der Waals surface area (Å²) in [6, 6.07) is 8.24. The Labute approximate surface area is 225 Å². The standard InChI is InChI=1S/C24H31ClFN3O5SSi2/c1-24(2,3)37(5,6)34-36-33-15-21(17-7-8-18(25)19(26)13-17)29-12-10-16(14-22(29)30)20-9-11-27-23(28-20)35(4,31)32/h7-14,21H,15,36H2,1-6H3/t21-/m1/s1. The first-order chi connectivity index (χ1) is 17.1. The van der Waals surface area contributed by atoms with Gasteiger partial charge in [-0.15, -0.1) is 0 Å². The summed E-state index contributed by atoms with van der Waals surface area (Å²) in [5.41, 5.74) is 0.832. The number of sulfone groups is 1. The van der Waals surface area contributed by atoms with Crippen molar-refractivity contribution in [3.8, 4) is 11.3 Å². The minimum Gasteiger partial charge on any atom is -0.440 e. The van der Waals surface area contributed by atoms with Crippen LogP contribution in [0.15, 0.2) is 58.7 Å². The van der Waals surface area contributed by atoms with Crippen LogP contribution in [0.1, 0.15) is 32.4 Å². The van der Waals surface area contributed by atoms with Gasteiger partial charge in [-0.1, -0.05) is 38.4 Å². The average Bonchev–Trinajstić information content (AvgIpc) is 2.80. The Hall–Kier alpha value is -2.23. The number of halogens is 2. The Kier molecular flexibility index (Phi) is 8.92. The maximum absolute atomic E-state index is 14.3. The van der Waals surface area contributed by atoms with Crippen molar-refractivity contribution in [1.82, 2.24) is 14.5 Å². The van der Waals surface area contributed by atoms with Crippen molar-refractivity contribution < 1.29 is 21.3 Å². The van der Waals surface area contributed by atoms with E-state index in [1.807, 2.05) is 0 Å². The zero-order valence-corrected chi connectivity index (χ0v) is 25.6. The fraction of sp³-hybridized carbons (Fsp3) is 0.375. The lowest BCUT2D eigenvalue weighted by Crippen LogP contribution is -2.42. The van der Waals surface area contributed by atoms with Crippen molar-refractivity contribution in [3.63, 3.8) is 0 Å². The number of aromatic nitrogens is 3. The highest BCUT2D eigenvalue weighted by atomic mass is 35.5. The van der Waals surface area contributed by atoms with Crippen LogP contribution >= 0.6 is 11.6 Å². The second kappa shape index (κ2) is 11.3. The van der Waals surface area contributed by atoms with Crippen LogP contribution in [-0.2, 0) is 18.4 Å². The average molecular weight is 584 g/mol. The van der Waals surface area contributed by atoms with E-state index in [1.54, 1.807) is 18.3 Å². The van der Waals surface area contributed by atoms with Gasteiger partial charge in [-0.25, -0.2) is 22.8 Å². The molecule has 0 N–H and O–H groups in total. The third-order valence-electron chi connectivity index (χ3n) is 6.46. The van der Waals surface area contributed by atoms with Gasteiger partial charge in [-0.05, 0) is 48.0 Å². The summed E-state index contributed by atoms with van der Waals surface area (Å²) in [7, 11) is -6.98. The molecule has 0 aliphatic carbocycles. The molecule has 0 spiro atoms. The van der Waals surface area contributed by atoms with E-state index in [-0.39, 0.29) is 21.8 Å². The van der Waals surface area contributed by atoms with Crippen LogP contribution in [-0.4, -0.2) is 54.1 Å². The molecule has 13 heteroatoms. The molecule has 200 valence electrons. The number of rotatable bonds is 9. The zero-order valence-electron chi connectivity index (χ0n) is 21.7. The molecule has 37 heavy (non-hydrogen) atoms. The van der Waals surface area contributed by atoms with Gasteiger partial charge in [0.05, 0.1) is 23.4 Å². The summed E-state index contributed by atoms with van der Waals surface area (Å²) >= 11 is 5.88. The van der Waals surface area contributed by atoms with Crippen LogP contribution in [0.25, 0.3) is 11.3 Å². The topological polar surface area (TPSA) is 100 Å². The maximum Gasteiger partial charge on any atom is 0.294 e. The summed E-state index contributed by atoms with van der Waals surface area (Å²) in [4.78, 5) is 21.1. The molecule has 0 saturated heterocycles. The fourth-order valence-electron chi connectivity index (χ4n) is 3.21. The third-order valence-corrected chi connectivity index (χ3v) is 15.0. The van der Waals surface area contributed by atoms with Gasteiger partial charge in [0.25, 0.3) is 15.6 Å². The van der Waals surface area contributed by atoms with Gasteiger partial charge >= 0.3 is 0 Å². The lowest BCUT2D eigenvalue weighted by Gasteiger charge is -2.36. The smallest absolute Gasteiger partial charge is 0.294 e. The first-order valence-corrected chi connectivity index (χ1v) is 17.9. The van der Waals surface area contributed by atoms with Crippen LogP contribution in [0.4, 0.5) is 4.39 Å². The SMILES string of the molecule is CC(C)(C)[Si](C)(C)O[SiH2]OC[C@H](c1ccc(Cl)c(F)c1)n1ccc(-c2ccnc(S(C)(=O)=O)n2)cc1=O. The molecule has 0 fully saturated rings. The Balaban J connectivity index is 1.92. The van der Waals surface area contributed by atoms with E-state index in [4.69, 9.17) is 20.1 Å². The van der Waals surface area contributed by atoms with E-state index in [2.05, 4.69) is 43.8 Å². The first-order valence-electron chi connectivity index (χ1n) is 11.5. The van der Waals surface area contributed by atoms with E-state index in [9.17, 15) is 17.6 Å².